The highest BCUT2D eigenvalue weighted by atomic mass is 16.1. The van der Waals surface area contributed by atoms with E-state index in [1.54, 1.807) is 13.2 Å². The van der Waals surface area contributed by atoms with Gasteiger partial charge in [-0.2, -0.15) is 0 Å². The van der Waals surface area contributed by atoms with Crippen molar-refractivity contribution in [3.8, 4) is 0 Å². The van der Waals surface area contributed by atoms with Gasteiger partial charge in [-0.25, -0.2) is 0 Å². The maximum absolute atomic E-state index is 10.8. The number of hydrogen-bond acceptors (Lipinski definition) is 2. The second-order valence-corrected chi connectivity index (χ2v) is 2.07. The minimum absolute atomic E-state index is 0.0150. The van der Waals surface area contributed by atoms with Crippen molar-refractivity contribution in [1.82, 2.24) is 10.6 Å². The summed E-state index contributed by atoms with van der Waals surface area (Å²) in [6.45, 7) is 1.95. The lowest BCUT2D eigenvalue weighted by Crippen LogP contribution is -2.41. The van der Waals surface area contributed by atoms with E-state index in [1.807, 2.05) is 6.92 Å². The van der Waals surface area contributed by atoms with Gasteiger partial charge in [0, 0.05) is 13.2 Å². The van der Waals surface area contributed by atoms with Crippen LogP contribution in [0.15, 0.2) is 11.8 Å². The molecule has 1 atom stereocenters. The Hall–Kier alpha value is -0.990. The summed E-state index contributed by atoms with van der Waals surface area (Å²) in [6, 6.07) is 0.227. The first-order valence-corrected chi connectivity index (χ1v) is 2.94. The zero-order chi connectivity index (χ0) is 6.85. The number of nitrogens with one attached hydrogen (secondary N) is 2. The fraction of sp³-hybridized carbons (Fsp3) is 0.500. The highest BCUT2D eigenvalue weighted by molar-refractivity contribution is 5.95. The molecule has 0 fully saturated rings. The second kappa shape index (κ2) is 2.09. The normalized spacial score (nSPS) is 23.3. The molecule has 0 saturated heterocycles. The maximum atomic E-state index is 10.8. The number of rotatable bonds is 1. The Bertz CT molecular complexity index is 162. The number of hydrogen-bond donors (Lipinski definition) is 2. The van der Waals surface area contributed by atoms with Crippen LogP contribution in [0.1, 0.15) is 6.92 Å². The fourth-order valence-electron chi connectivity index (χ4n) is 0.740. The Morgan fingerprint density at radius 2 is 2.56 bits per heavy atom. The summed E-state index contributed by atoms with van der Waals surface area (Å²) in [5.41, 5.74) is 0.831. The maximum Gasteiger partial charge on any atom is 0.250 e. The number of amides is 1. The van der Waals surface area contributed by atoms with E-state index in [0.29, 0.717) is 0 Å². The van der Waals surface area contributed by atoms with E-state index in [9.17, 15) is 4.79 Å². The van der Waals surface area contributed by atoms with Crippen molar-refractivity contribution in [3.05, 3.63) is 11.8 Å². The standard InChI is InChI=1S/C6H10N2O/c1-4-5(3-8-4)6(9)7-2/h3-4,8H,1-2H3,(H,7,9). The molecule has 1 aliphatic heterocycles. The minimum Gasteiger partial charge on any atom is -0.384 e. The number of carbonyl (C=O) groups is 1. The molecule has 0 aromatic rings. The van der Waals surface area contributed by atoms with Crippen LogP contribution in [-0.4, -0.2) is 19.0 Å². The van der Waals surface area contributed by atoms with E-state index >= 15 is 0 Å². The summed E-state index contributed by atoms with van der Waals surface area (Å²) in [7, 11) is 1.63. The SMILES string of the molecule is CNC(=O)C1=CNC1C. The van der Waals surface area contributed by atoms with Gasteiger partial charge in [0.15, 0.2) is 0 Å². The van der Waals surface area contributed by atoms with Crippen molar-refractivity contribution < 1.29 is 4.79 Å². The van der Waals surface area contributed by atoms with Gasteiger partial charge in [-0.3, -0.25) is 4.79 Å². The highest BCUT2D eigenvalue weighted by Gasteiger charge is 2.20. The van der Waals surface area contributed by atoms with Crippen LogP contribution in [0.2, 0.25) is 0 Å². The lowest BCUT2D eigenvalue weighted by molar-refractivity contribution is -0.117. The van der Waals surface area contributed by atoms with Crippen LogP contribution in [0.5, 0.6) is 0 Å². The van der Waals surface area contributed by atoms with Gasteiger partial charge < -0.3 is 10.6 Å². The van der Waals surface area contributed by atoms with Crippen LogP contribution in [-0.2, 0) is 4.79 Å². The summed E-state index contributed by atoms with van der Waals surface area (Å²) < 4.78 is 0. The average Bonchev–Trinajstić information content (AvgIpc) is 1.84. The number of carbonyl (C=O) groups excluding carboxylic acids is 1. The molecule has 50 valence electrons. The molecule has 3 heteroatoms. The molecule has 0 aromatic heterocycles. The molecular weight excluding hydrogens is 116 g/mol. The summed E-state index contributed by atoms with van der Waals surface area (Å²) in [5.74, 6) is 0.0150. The first-order valence-electron chi connectivity index (χ1n) is 2.94. The Kier molecular flexibility index (Phi) is 1.42. The van der Waals surface area contributed by atoms with E-state index in [2.05, 4.69) is 10.6 Å². The van der Waals surface area contributed by atoms with Crippen molar-refractivity contribution in [2.24, 2.45) is 0 Å². The van der Waals surface area contributed by atoms with E-state index < -0.39 is 0 Å². The summed E-state index contributed by atoms with van der Waals surface area (Å²) in [5, 5.41) is 5.50. The van der Waals surface area contributed by atoms with E-state index in [1.165, 1.54) is 0 Å². The van der Waals surface area contributed by atoms with E-state index in [-0.39, 0.29) is 11.9 Å². The summed E-state index contributed by atoms with van der Waals surface area (Å²) in [4.78, 5) is 10.8. The molecule has 0 radical (unpaired) electrons. The van der Waals surface area contributed by atoms with Gasteiger partial charge in [-0.05, 0) is 6.92 Å². The first kappa shape index (κ1) is 6.13. The molecule has 1 aliphatic rings. The van der Waals surface area contributed by atoms with Gasteiger partial charge >= 0.3 is 0 Å². The first-order chi connectivity index (χ1) is 4.25. The molecule has 1 rings (SSSR count). The largest absolute Gasteiger partial charge is 0.384 e. The Morgan fingerprint density at radius 1 is 1.89 bits per heavy atom. The second-order valence-electron chi connectivity index (χ2n) is 2.07. The zero-order valence-corrected chi connectivity index (χ0v) is 5.56. The van der Waals surface area contributed by atoms with Crippen LogP contribution in [0.3, 0.4) is 0 Å². The third-order valence-electron chi connectivity index (χ3n) is 1.44. The van der Waals surface area contributed by atoms with Crippen LogP contribution in [0, 0.1) is 0 Å². The topological polar surface area (TPSA) is 41.1 Å². The Balaban J connectivity index is 2.54. The molecule has 1 heterocycles. The average molecular weight is 126 g/mol. The van der Waals surface area contributed by atoms with Crippen LogP contribution >= 0.6 is 0 Å². The zero-order valence-electron chi connectivity index (χ0n) is 5.56. The van der Waals surface area contributed by atoms with E-state index in [0.717, 1.165) is 5.57 Å². The quantitative estimate of drug-likeness (QED) is 0.502. The third-order valence-corrected chi connectivity index (χ3v) is 1.44. The lowest BCUT2D eigenvalue weighted by Gasteiger charge is -2.23. The van der Waals surface area contributed by atoms with Gasteiger partial charge in [0.2, 0.25) is 5.91 Å². The van der Waals surface area contributed by atoms with Crippen LogP contribution < -0.4 is 10.6 Å². The molecule has 3 nitrogen and oxygen atoms in total. The predicted octanol–water partition coefficient (Wildman–Crippen LogP) is -0.392. The third kappa shape index (κ3) is 0.896. The minimum atomic E-state index is 0.0150. The fourth-order valence-corrected chi connectivity index (χ4v) is 0.740. The molecule has 0 bridgehead atoms. The predicted molar refractivity (Wildman–Crippen MR) is 34.7 cm³/mol. The van der Waals surface area contributed by atoms with Crippen LogP contribution in [0.4, 0.5) is 0 Å². The van der Waals surface area contributed by atoms with Gasteiger partial charge in [-0.1, -0.05) is 0 Å². The highest BCUT2D eigenvalue weighted by Crippen LogP contribution is 2.08. The molecule has 2 N–H and O–H groups in total. The van der Waals surface area contributed by atoms with E-state index in [4.69, 9.17) is 0 Å². The smallest absolute Gasteiger partial charge is 0.250 e. The van der Waals surface area contributed by atoms with Gasteiger partial charge in [0.05, 0.1) is 11.6 Å². The van der Waals surface area contributed by atoms with Crippen LogP contribution in [0.25, 0.3) is 0 Å². The number of likely N-dealkylation sites (N-methyl/N-ethyl adjacent to an activating group) is 1. The molecule has 0 aromatic carbocycles. The molecule has 1 unspecified atom stereocenters. The molecule has 0 aliphatic carbocycles. The van der Waals surface area contributed by atoms with Crippen molar-refractivity contribution >= 4 is 5.91 Å². The molecule has 0 saturated carbocycles. The molecule has 0 spiro atoms. The monoisotopic (exact) mass is 126 g/mol. The molecule has 1 amide bonds. The van der Waals surface area contributed by atoms with Crippen molar-refractivity contribution in [1.29, 1.82) is 0 Å². The Labute approximate surface area is 54.1 Å². The van der Waals surface area contributed by atoms with Gasteiger partial charge in [-0.15, -0.1) is 0 Å². The van der Waals surface area contributed by atoms with Crippen molar-refractivity contribution in [2.75, 3.05) is 7.05 Å². The summed E-state index contributed by atoms with van der Waals surface area (Å²) >= 11 is 0. The summed E-state index contributed by atoms with van der Waals surface area (Å²) in [6.07, 6.45) is 1.73. The van der Waals surface area contributed by atoms with Crippen molar-refractivity contribution in [3.63, 3.8) is 0 Å². The molecule has 9 heavy (non-hydrogen) atoms. The Morgan fingerprint density at radius 3 is 2.67 bits per heavy atom. The lowest BCUT2D eigenvalue weighted by atomic mass is 10.0. The van der Waals surface area contributed by atoms with Gasteiger partial charge in [0.1, 0.15) is 0 Å². The van der Waals surface area contributed by atoms with Gasteiger partial charge in [0.25, 0.3) is 0 Å². The molecular formula is C6H10N2O. The van der Waals surface area contributed by atoms with Crippen molar-refractivity contribution in [2.45, 2.75) is 13.0 Å².